The summed E-state index contributed by atoms with van der Waals surface area (Å²) in [5, 5.41) is 3.00. The molecule has 3 aliphatic rings. The number of carbonyl (C=O) groups is 1. The Labute approximate surface area is 144 Å². The van der Waals surface area contributed by atoms with Gasteiger partial charge >= 0.3 is 0 Å². The van der Waals surface area contributed by atoms with Crippen molar-refractivity contribution in [3.8, 4) is 0 Å². The van der Waals surface area contributed by atoms with Crippen LogP contribution in [0.1, 0.15) is 45.4 Å². The lowest BCUT2D eigenvalue weighted by atomic mass is 9.97. The molecule has 3 rings (SSSR count). The fourth-order valence-electron chi connectivity index (χ4n) is 3.81. The zero-order chi connectivity index (χ0) is 17.2. The monoisotopic (exact) mass is 359 g/mol. The molecule has 0 saturated carbocycles. The summed E-state index contributed by atoms with van der Waals surface area (Å²) in [7, 11) is -3.28. The van der Waals surface area contributed by atoms with E-state index in [0.717, 1.165) is 38.5 Å². The first-order chi connectivity index (χ1) is 11.4. The molecule has 1 atom stereocenters. The van der Waals surface area contributed by atoms with Gasteiger partial charge in [0.25, 0.3) is 16.1 Å². The maximum atomic E-state index is 12.5. The highest BCUT2D eigenvalue weighted by molar-refractivity contribution is 7.86. The van der Waals surface area contributed by atoms with Crippen molar-refractivity contribution in [3.63, 3.8) is 0 Å². The van der Waals surface area contributed by atoms with Crippen LogP contribution in [-0.4, -0.2) is 67.9 Å². The third kappa shape index (κ3) is 3.76. The van der Waals surface area contributed by atoms with E-state index in [1.807, 2.05) is 6.92 Å². The number of hydrogen-bond acceptors (Lipinski definition) is 4. The molecule has 1 unspecified atom stereocenters. The van der Waals surface area contributed by atoms with Crippen molar-refractivity contribution in [1.82, 2.24) is 13.9 Å². The number of nitrogens with zero attached hydrogens (tertiary/aromatic N) is 2. The van der Waals surface area contributed by atoms with Crippen LogP contribution in [0.5, 0.6) is 0 Å². The molecule has 1 N–H and O–H groups in total. The highest BCUT2D eigenvalue weighted by Crippen LogP contribution is 2.26. The number of amides is 1. The van der Waals surface area contributed by atoms with E-state index < -0.39 is 15.8 Å². The van der Waals surface area contributed by atoms with Crippen LogP contribution in [0.4, 0.5) is 0 Å². The Kier molecular flexibility index (Phi) is 5.48. The molecule has 3 aliphatic heterocycles. The molecule has 0 aromatic rings. The van der Waals surface area contributed by atoms with E-state index in [4.69, 9.17) is 4.74 Å². The minimum atomic E-state index is -3.28. The average molecular weight is 359 g/mol. The number of nitrogens with one attached hydrogen (secondary N) is 1. The van der Waals surface area contributed by atoms with Crippen molar-refractivity contribution in [1.29, 1.82) is 0 Å². The lowest BCUT2D eigenvalue weighted by Crippen LogP contribution is -2.49. The van der Waals surface area contributed by atoms with E-state index in [0.29, 0.717) is 45.2 Å². The van der Waals surface area contributed by atoms with E-state index in [1.165, 1.54) is 0 Å². The molecule has 24 heavy (non-hydrogen) atoms. The lowest BCUT2D eigenvalue weighted by Gasteiger charge is -2.34. The molecule has 8 heteroatoms. The van der Waals surface area contributed by atoms with Gasteiger partial charge in [-0.15, -0.1) is 0 Å². The molecular weight excluding hydrogens is 330 g/mol. The Morgan fingerprint density at radius 2 is 1.75 bits per heavy atom. The number of rotatable bonds is 5. The van der Waals surface area contributed by atoms with Gasteiger partial charge in [-0.05, 0) is 51.4 Å². The number of ether oxygens (including phenoxy) is 1. The van der Waals surface area contributed by atoms with Crippen LogP contribution in [0.25, 0.3) is 0 Å². The molecule has 0 radical (unpaired) electrons. The molecule has 0 bridgehead atoms. The second kappa shape index (κ2) is 7.27. The van der Waals surface area contributed by atoms with Gasteiger partial charge in [-0.1, -0.05) is 0 Å². The van der Waals surface area contributed by atoms with E-state index in [1.54, 1.807) is 8.61 Å². The second-order valence-electron chi connectivity index (χ2n) is 7.35. The van der Waals surface area contributed by atoms with Crippen LogP contribution in [0.15, 0.2) is 0 Å². The first-order valence-electron chi connectivity index (χ1n) is 9.09. The minimum absolute atomic E-state index is 0.0351. The Bertz CT molecular complexity index is 546. The summed E-state index contributed by atoms with van der Waals surface area (Å²) < 4.78 is 33.9. The first kappa shape index (κ1) is 18.1. The minimum Gasteiger partial charge on any atom is -0.365 e. The number of hydrogen-bond donors (Lipinski definition) is 1. The molecule has 7 nitrogen and oxygen atoms in total. The second-order valence-corrected chi connectivity index (χ2v) is 9.28. The maximum absolute atomic E-state index is 12.5. The molecule has 3 fully saturated rings. The van der Waals surface area contributed by atoms with Crippen molar-refractivity contribution in [2.24, 2.45) is 5.92 Å². The summed E-state index contributed by atoms with van der Waals surface area (Å²) in [5.74, 6) is 0.302. The lowest BCUT2D eigenvalue weighted by molar-refractivity contribution is -0.139. The molecule has 0 aromatic heterocycles. The van der Waals surface area contributed by atoms with Gasteiger partial charge in [-0.3, -0.25) is 4.79 Å². The largest absolute Gasteiger partial charge is 0.365 e. The zero-order valence-electron chi connectivity index (χ0n) is 14.5. The zero-order valence-corrected chi connectivity index (χ0v) is 15.3. The molecule has 3 heterocycles. The number of carbonyl (C=O) groups excluding carboxylic acids is 1. The summed E-state index contributed by atoms with van der Waals surface area (Å²) in [5.41, 5.74) is -0.681. The quantitative estimate of drug-likeness (QED) is 0.785. The summed E-state index contributed by atoms with van der Waals surface area (Å²) in [6, 6.07) is 0. The van der Waals surface area contributed by atoms with Gasteiger partial charge in [0.1, 0.15) is 5.60 Å². The predicted molar refractivity (Wildman–Crippen MR) is 90.6 cm³/mol. The maximum Gasteiger partial charge on any atom is 0.281 e. The molecule has 138 valence electrons. The van der Waals surface area contributed by atoms with E-state index in [-0.39, 0.29) is 5.91 Å². The van der Waals surface area contributed by atoms with Crippen molar-refractivity contribution < 1.29 is 17.9 Å². The predicted octanol–water partition coefficient (Wildman–Crippen LogP) is 0.724. The molecule has 3 saturated heterocycles. The SMILES string of the molecule is CC1(C(=O)NCC2CCN(S(=O)(=O)N3CCCC3)CC2)CCCO1. The third-order valence-corrected chi connectivity index (χ3v) is 7.58. The molecule has 0 aromatic carbocycles. The highest BCUT2D eigenvalue weighted by Gasteiger charge is 2.38. The van der Waals surface area contributed by atoms with Crippen molar-refractivity contribution >= 4 is 16.1 Å². The topological polar surface area (TPSA) is 79.0 Å². The van der Waals surface area contributed by atoms with Gasteiger partial charge in [0.15, 0.2) is 0 Å². The fourth-order valence-corrected chi connectivity index (χ4v) is 5.53. The van der Waals surface area contributed by atoms with Crippen LogP contribution in [0.2, 0.25) is 0 Å². The van der Waals surface area contributed by atoms with Crippen molar-refractivity contribution in [2.45, 2.75) is 51.0 Å². The summed E-state index contributed by atoms with van der Waals surface area (Å²) in [6.07, 6.45) is 5.21. The smallest absolute Gasteiger partial charge is 0.281 e. The Morgan fingerprint density at radius 3 is 2.33 bits per heavy atom. The van der Waals surface area contributed by atoms with Gasteiger partial charge in [0.05, 0.1) is 0 Å². The Morgan fingerprint density at radius 1 is 1.12 bits per heavy atom. The molecule has 0 spiro atoms. The van der Waals surface area contributed by atoms with Crippen LogP contribution in [0, 0.1) is 5.92 Å². The van der Waals surface area contributed by atoms with Gasteiger partial charge in [0.2, 0.25) is 0 Å². The van der Waals surface area contributed by atoms with Gasteiger partial charge in [0, 0.05) is 39.3 Å². The van der Waals surface area contributed by atoms with Gasteiger partial charge < -0.3 is 10.1 Å². The molecule has 0 aliphatic carbocycles. The molecule has 1 amide bonds. The van der Waals surface area contributed by atoms with Crippen LogP contribution in [-0.2, 0) is 19.7 Å². The van der Waals surface area contributed by atoms with Crippen LogP contribution >= 0.6 is 0 Å². The fraction of sp³-hybridized carbons (Fsp3) is 0.938. The number of piperidine rings is 1. The molecular formula is C16H29N3O4S. The Hall–Kier alpha value is -0.700. The van der Waals surface area contributed by atoms with Crippen molar-refractivity contribution in [2.75, 3.05) is 39.3 Å². The summed E-state index contributed by atoms with van der Waals surface area (Å²) in [6.45, 7) is 5.50. The van der Waals surface area contributed by atoms with Gasteiger partial charge in [-0.25, -0.2) is 0 Å². The van der Waals surface area contributed by atoms with E-state index in [9.17, 15) is 13.2 Å². The normalized spacial score (nSPS) is 30.7. The highest BCUT2D eigenvalue weighted by atomic mass is 32.2. The third-order valence-electron chi connectivity index (χ3n) is 5.54. The van der Waals surface area contributed by atoms with Crippen LogP contribution in [0.3, 0.4) is 0 Å². The summed E-state index contributed by atoms with van der Waals surface area (Å²) in [4.78, 5) is 12.3. The van der Waals surface area contributed by atoms with Gasteiger partial charge in [-0.2, -0.15) is 17.0 Å². The first-order valence-corrected chi connectivity index (χ1v) is 10.5. The Balaban J connectivity index is 1.44. The van der Waals surface area contributed by atoms with Crippen molar-refractivity contribution in [3.05, 3.63) is 0 Å². The summed E-state index contributed by atoms with van der Waals surface area (Å²) >= 11 is 0. The van der Waals surface area contributed by atoms with Crippen LogP contribution < -0.4 is 5.32 Å². The average Bonchev–Trinajstić information content (AvgIpc) is 3.25. The van der Waals surface area contributed by atoms with E-state index >= 15 is 0 Å². The van der Waals surface area contributed by atoms with E-state index in [2.05, 4.69) is 5.32 Å². The standard InChI is InChI=1S/C16H29N3O4S/c1-16(7-4-12-23-16)15(20)17-13-14-5-10-19(11-6-14)24(21,22)18-8-2-3-9-18/h14H,2-13H2,1H3,(H,17,20).